The number of hydrogen-bond acceptors (Lipinski definition) is 3. The fourth-order valence-electron chi connectivity index (χ4n) is 1.82. The van der Waals surface area contributed by atoms with Gasteiger partial charge in [-0.1, -0.05) is 13.8 Å². The van der Waals surface area contributed by atoms with Gasteiger partial charge in [0, 0.05) is 32.6 Å². The molecule has 1 saturated heterocycles. The highest BCUT2D eigenvalue weighted by Crippen LogP contribution is 2.13. The molecule has 0 aliphatic carbocycles. The summed E-state index contributed by atoms with van der Waals surface area (Å²) in [5.41, 5.74) is 5.49. The molecule has 0 aromatic heterocycles. The molecule has 14 heavy (non-hydrogen) atoms. The van der Waals surface area contributed by atoms with Gasteiger partial charge in [0.05, 0.1) is 0 Å². The van der Waals surface area contributed by atoms with E-state index in [9.17, 15) is 4.79 Å². The fourth-order valence-corrected chi connectivity index (χ4v) is 1.82. The Kier molecular flexibility index (Phi) is 4.35. The maximum absolute atomic E-state index is 11.6. The maximum Gasteiger partial charge on any atom is 0.236 e. The minimum Gasteiger partial charge on any atom is -0.329 e. The number of rotatable bonds is 4. The lowest BCUT2D eigenvalue weighted by Crippen LogP contribution is -2.53. The van der Waals surface area contributed by atoms with Crippen LogP contribution in [0.2, 0.25) is 0 Å². The zero-order valence-electron chi connectivity index (χ0n) is 9.20. The Morgan fingerprint density at radius 2 is 2.21 bits per heavy atom. The quantitative estimate of drug-likeness (QED) is 0.715. The van der Waals surface area contributed by atoms with E-state index in [0.717, 1.165) is 19.5 Å². The highest BCUT2D eigenvalue weighted by molar-refractivity contribution is 5.76. The average molecular weight is 199 g/mol. The minimum atomic E-state index is 0.224. The number of carbonyl (C=O) groups is 1. The Morgan fingerprint density at radius 3 is 2.79 bits per heavy atom. The van der Waals surface area contributed by atoms with Gasteiger partial charge >= 0.3 is 0 Å². The van der Waals surface area contributed by atoms with Crippen molar-refractivity contribution in [2.24, 2.45) is 11.7 Å². The molecule has 0 saturated carbocycles. The van der Waals surface area contributed by atoms with E-state index in [1.807, 2.05) is 5.01 Å². The molecule has 1 rings (SSSR count). The Hall–Kier alpha value is -0.610. The van der Waals surface area contributed by atoms with Gasteiger partial charge in [-0.2, -0.15) is 0 Å². The van der Waals surface area contributed by atoms with Crippen LogP contribution in [0.3, 0.4) is 0 Å². The number of hydrazine groups is 1. The van der Waals surface area contributed by atoms with Gasteiger partial charge in [0.25, 0.3) is 0 Å². The molecule has 4 nitrogen and oxygen atoms in total. The summed E-state index contributed by atoms with van der Waals surface area (Å²) in [6.45, 7) is 7.47. The highest BCUT2D eigenvalue weighted by atomic mass is 16.2. The molecular weight excluding hydrogens is 178 g/mol. The van der Waals surface area contributed by atoms with Crippen LogP contribution < -0.4 is 5.73 Å². The van der Waals surface area contributed by atoms with Crippen molar-refractivity contribution in [3.05, 3.63) is 0 Å². The first-order valence-corrected chi connectivity index (χ1v) is 5.40. The van der Waals surface area contributed by atoms with Gasteiger partial charge in [0.2, 0.25) is 5.91 Å². The molecule has 1 heterocycles. The third-order valence-corrected chi connectivity index (χ3v) is 2.35. The van der Waals surface area contributed by atoms with Crippen molar-refractivity contribution < 1.29 is 4.79 Å². The van der Waals surface area contributed by atoms with E-state index >= 15 is 0 Å². The van der Waals surface area contributed by atoms with E-state index in [1.54, 1.807) is 0 Å². The number of amides is 1. The molecular formula is C10H21N3O. The van der Waals surface area contributed by atoms with Crippen LogP contribution in [0, 0.1) is 5.92 Å². The van der Waals surface area contributed by atoms with Gasteiger partial charge in [0.15, 0.2) is 0 Å². The molecule has 2 N–H and O–H groups in total. The van der Waals surface area contributed by atoms with Crippen LogP contribution in [0.5, 0.6) is 0 Å². The van der Waals surface area contributed by atoms with Crippen molar-refractivity contribution in [2.45, 2.75) is 26.7 Å². The van der Waals surface area contributed by atoms with Crippen LogP contribution in [-0.2, 0) is 4.79 Å². The van der Waals surface area contributed by atoms with Gasteiger partial charge in [-0.3, -0.25) is 9.80 Å². The van der Waals surface area contributed by atoms with Crippen LogP contribution in [0.25, 0.3) is 0 Å². The van der Waals surface area contributed by atoms with Crippen LogP contribution >= 0.6 is 0 Å². The van der Waals surface area contributed by atoms with Crippen molar-refractivity contribution in [1.29, 1.82) is 0 Å². The molecule has 0 spiro atoms. The summed E-state index contributed by atoms with van der Waals surface area (Å²) in [6.07, 6.45) is 1.65. The summed E-state index contributed by atoms with van der Waals surface area (Å²) >= 11 is 0. The summed E-state index contributed by atoms with van der Waals surface area (Å²) in [6, 6.07) is 0. The van der Waals surface area contributed by atoms with Crippen LogP contribution in [0.15, 0.2) is 0 Å². The van der Waals surface area contributed by atoms with E-state index in [1.165, 1.54) is 0 Å². The largest absolute Gasteiger partial charge is 0.329 e. The van der Waals surface area contributed by atoms with Crippen LogP contribution in [-0.4, -0.2) is 42.1 Å². The predicted octanol–water partition coefficient (Wildman–Crippen LogP) is 0.441. The van der Waals surface area contributed by atoms with Crippen LogP contribution in [0.4, 0.5) is 0 Å². The topological polar surface area (TPSA) is 49.6 Å². The highest BCUT2D eigenvalue weighted by Gasteiger charge is 2.25. The van der Waals surface area contributed by atoms with Gasteiger partial charge in [-0.15, -0.1) is 0 Å². The number of nitrogens with two attached hydrogens (primary N) is 1. The molecule has 0 aromatic rings. The molecule has 0 aromatic carbocycles. The molecule has 0 radical (unpaired) electrons. The zero-order chi connectivity index (χ0) is 10.6. The predicted molar refractivity (Wildman–Crippen MR) is 56.4 cm³/mol. The smallest absolute Gasteiger partial charge is 0.236 e. The van der Waals surface area contributed by atoms with Crippen molar-refractivity contribution in [3.8, 4) is 0 Å². The molecule has 1 amide bonds. The summed E-state index contributed by atoms with van der Waals surface area (Å²) < 4.78 is 0. The second kappa shape index (κ2) is 5.32. The lowest BCUT2D eigenvalue weighted by molar-refractivity contribution is -0.156. The molecule has 1 aliphatic rings. The summed E-state index contributed by atoms with van der Waals surface area (Å²) in [5, 5.41) is 3.97. The third-order valence-electron chi connectivity index (χ3n) is 2.35. The molecule has 1 aliphatic heterocycles. The molecule has 0 atom stereocenters. The molecule has 0 bridgehead atoms. The third kappa shape index (κ3) is 2.96. The molecule has 4 heteroatoms. The van der Waals surface area contributed by atoms with Crippen LogP contribution in [0.1, 0.15) is 26.7 Å². The van der Waals surface area contributed by atoms with E-state index in [2.05, 4.69) is 18.9 Å². The van der Waals surface area contributed by atoms with Crippen molar-refractivity contribution in [1.82, 2.24) is 10.0 Å². The molecule has 82 valence electrons. The van der Waals surface area contributed by atoms with Gasteiger partial charge in [0.1, 0.15) is 0 Å². The van der Waals surface area contributed by atoms with E-state index in [-0.39, 0.29) is 5.91 Å². The summed E-state index contributed by atoms with van der Waals surface area (Å²) in [7, 11) is 0. The Morgan fingerprint density at radius 1 is 1.50 bits per heavy atom. The standard InChI is InChI=1S/C10H21N3O/c1-9(2)8-12-6-3-4-10(14)13(12)7-5-11/h9H,3-8,11H2,1-2H3. The Bertz CT molecular complexity index is 194. The van der Waals surface area contributed by atoms with Gasteiger partial charge in [-0.25, -0.2) is 5.01 Å². The summed E-state index contributed by atoms with van der Waals surface area (Å²) in [4.78, 5) is 11.6. The Labute approximate surface area is 86.0 Å². The number of hydrogen-bond donors (Lipinski definition) is 1. The first-order valence-electron chi connectivity index (χ1n) is 5.40. The van der Waals surface area contributed by atoms with E-state index < -0.39 is 0 Å². The average Bonchev–Trinajstić information content (AvgIpc) is 2.10. The van der Waals surface area contributed by atoms with Crippen molar-refractivity contribution >= 4 is 5.91 Å². The monoisotopic (exact) mass is 199 g/mol. The first kappa shape index (κ1) is 11.5. The number of nitrogens with zero attached hydrogens (tertiary/aromatic N) is 2. The Balaban J connectivity index is 2.55. The van der Waals surface area contributed by atoms with Gasteiger partial charge in [-0.05, 0) is 12.3 Å². The lowest BCUT2D eigenvalue weighted by Gasteiger charge is -2.39. The second-order valence-corrected chi connectivity index (χ2v) is 4.22. The summed E-state index contributed by atoms with van der Waals surface area (Å²) in [5.74, 6) is 0.809. The molecule has 0 unspecified atom stereocenters. The minimum absolute atomic E-state index is 0.224. The van der Waals surface area contributed by atoms with E-state index in [4.69, 9.17) is 5.73 Å². The van der Waals surface area contributed by atoms with E-state index in [0.29, 0.717) is 25.4 Å². The van der Waals surface area contributed by atoms with Gasteiger partial charge < -0.3 is 5.73 Å². The number of carbonyl (C=O) groups excluding carboxylic acids is 1. The first-order chi connectivity index (χ1) is 6.65. The SMILES string of the molecule is CC(C)CN1CCCC(=O)N1CCN. The zero-order valence-corrected chi connectivity index (χ0v) is 9.20. The molecule has 1 fully saturated rings. The maximum atomic E-state index is 11.6. The lowest BCUT2D eigenvalue weighted by atomic mass is 10.2. The van der Waals surface area contributed by atoms with Crippen molar-refractivity contribution in [2.75, 3.05) is 26.2 Å². The second-order valence-electron chi connectivity index (χ2n) is 4.22. The van der Waals surface area contributed by atoms with Crippen molar-refractivity contribution in [3.63, 3.8) is 0 Å². The fraction of sp³-hybridized carbons (Fsp3) is 0.900. The normalized spacial score (nSPS) is 19.4.